The summed E-state index contributed by atoms with van der Waals surface area (Å²) in [6.45, 7) is 0. The maximum Gasteiger partial charge on any atom is 0.417 e. The summed E-state index contributed by atoms with van der Waals surface area (Å²) < 4.78 is 54.5. The first-order chi connectivity index (χ1) is 15.9. The first-order valence-corrected chi connectivity index (χ1v) is 9.77. The second-order valence-corrected chi connectivity index (χ2v) is 7.13. The van der Waals surface area contributed by atoms with Crippen molar-refractivity contribution in [2.24, 2.45) is 0 Å². The summed E-state index contributed by atoms with van der Waals surface area (Å²) in [5, 5.41) is 18.5. The molecule has 0 unspecified atom stereocenters. The molecule has 0 aliphatic carbocycles. The normalized spacial score (nSPS) is 11.6. The average molecular weight is 450 g/mol. The van der Waals surface area contributed by atoms with Crippen molar-refractivity contribution in [2.45, 2.75) is 6.18 Å². The van der Waals surface area contributed by atoms with E-state index in [1.165, 1.54) is 36.4 Å². The molecule has 164 valence electrons. The van der Waals surface area contributed by atoms with Gasteiger partial charge in [-0.2, -0.15) is 18.3 Å². The summed E-state index contributed by atoms with van der Waals surface area (Å²) in [5.41, 5.74) is 0.429. The molecular weight excluding hydrogens is 436 g/mol. The zero-order valence-corrected chi connectivity index (χ0v) is 16.7. The fraction of sp³-hybridized carbons (Fsp3) is 0.0435. The second kappa shape index (κ2) is 7.97. The van der Waals surface area contributed by atoms with Crippen LogP contribution in [0.25, 0.3) is 33.5 Å². The maximum atomic E-state index is 13.8. The highest BCUT2D eigenvalue weighted by molar-refractivity contribution is 5.92. The Labute approximate surface area is 184 Å². The number of anilines is 2. The van der Waals surface area contributed by atoms with Crippen LogP contribution in [0.15, 0.2) is 72.8 Å². The third-order valence-corrected chi connectivity index (χ3v) is 4.97. The van der Waals surface area contributed by atoms with Crippen LogP contribution in [0.4, 0.5) is 29.2 Å². The lowest BCUT2D eigenvalue weighted by Crippen LogP contribution is -2.10. The number of rotatable bonds is 4. The van der Waals surface area contributed by atoms with Gasteiger partial charge >= 0.3 is 6.18 Å². The Hall–Kier alpha value is -4.34. The van der Waals surface area contributed by atoms with Gasteiger partial charge in [-0.3, -0.25) is 5.10 Å². The molecule has 0 fully saturated rings. The van der Waals surface area contributed by atoms with Gasteiger partial charge in [0.2, 0.25) is 0 Å². The molecule has 0 bridgehead atoms. The first kappa shape index (κ1) is 20.6. The molecule has 2 N–H and O–H groups in total. The van der Waals surface area contributed by atoms with Gasteiger partial charge in [-0.25, -0.2) is 9.37 Å². The molecule has 0 radical (unpaired) electrons. The van der Waals surface area contributed by atoms with Crippen molar-refractivity contribution in [1.82, 2.24) is 25.4 Å². The van der Waals surface area contributed by atoms with E-state index >= 15 is 0 Å². The van der Waals surface area contributed by atoms with Crippen LogP contribution in [0.3, 0.4) is 0 Å². The molecule has 33 heavy (non-hydrogen) atoms. The monoisotopic (exact) mass is 450 g/mol. The quantitative estimate of drug-likeness (QED) is 0.329. The van der Waals surface area contributed by atoms with Gasteiger partial charge in [0.05, 0.1) is 11.1 Å². The number of aromatic nitrogens is 5. The largest absolute Gasteiger partial charge is 0.417 e. The van der Waals surface area contributed by atoms with Crippen LogP contribution in [-0.4, -0.2) is 25.4 Å². The van der Waals surface area contributed by atoms with Crippen LogP contribution in [0.1, 0.15) is 5.56 Å². The molecule has 6 nitrogen and oxygen atoms in total. The minimum Gasteiger partial charge on any atom is -0.321 e. The topological polar surface area (TPSA) is 79.4 Å². The van der Waals surface area contributed by atoms with Crippen molar-refractivity contribution in [2.75, 3.05) is 5.32 Å². The molecule has 5 rings (SSSR count). The van der Waals surface area contributed by atoms with Crippen molar-refractivity contribution >= 4 is 22.5 Å². The third-order valence-electron chi connectivity index (χ3n) is 4.97. The van der Waals surface area contributed by atoms with Gasteiger partial charge in [0, 0.05) is 16.5 Å². The van der Waals surface area contributed by atoms with Gasteiger partial charge in [0.1, 0.15) is 11.5 Å². The maximum absolute atomic E-state index is 13.8. The highest BCUT2D eigenvalue weighted by Gasteiger charge is 2.34. The minimum absolute atomic E-state index is 0.126. The molecule has 10 heteroatoms. The highest BCUT2D eigenvalue weighted by Crippen LogP contribution is 2.37. The molecule has 2 aromatic heterocycles. The number of halogens is 4. The lowest BCUT2D eigenvalue weighted by atomic mass is 10.1. The number of nitrogens with one attached hydrogen (secondary N) is 2. The molecule has 0 aliphatic heterocycles. The summed E-state index contributed by atoms with van der Waals surface area (Å²) in [7, 11) is 0. The van der Waals surface area contributed by atoms with Crippen molar-refractivity contribution in [3.05, 3.63) is 84.2 Å². The van der Waals surface area contributed by atoms with E-state index in [4.69, 9.17) is 0 Å². The number of benzene rings is 3. The Morgan fingerprint density at radius 1 is 0.818 bits per heavy atom. The van der Waals surface area contributed by atoms with E-state index in [0.29, 0.717) is 22.2 Å². The van der Waals surface area contributed by atoms with Gasteiger partial charge in [-0.05, 0) is 24.3 Å². The average Bonchev–Trinajstić information content (AvgIpc) is 3.21. The zero-order chi connectivity index (χ0) is 23.0. The second-order valence-electron chi connectivity index (χ2n) is 7.13. The van der Waals surface area contributed by atoms with Crippen molar-refractivity contribution in [1.29, 1.82) is 0 Å². The molecule has 0 spiro atoms. The summed E-state index contributed by atoms with van der Waals surface area (Å²) in [5.74, 6) is -0.301. The lowest BCUT2D eigenvalue weighted by molar-refractivity contribution is -0.137. The summed E-state index contributed by atoms with van der Waals surface area (Å²) in [6, 6.07) is 18.0. The number of H-pyrrole nitrogens is 1. The molecule has 3 aromatic carbocycles. The molecule has 0 aliphatic rings. The fourth-order valence-electron chi connectivity index (χ4n) is 3.44. The molecule has 2 heterocycles. The standard InChI is InChI=1S/C23H14F4N6/c24-14-10-11-18-16(12-14)21(32-30-18)29-22-19(13-6-2-1-3-7-13)31-33-20(28-22)15-8-4-5-9-17(15)23(25,26)27/h1-12H,(H2,28,29,30,32,33). The Kier molecular flexibility index (Phi) is 4.97. The van der Waals surface area contributed by atoms with E-state index in [0.717, 1.165) is 6.07 Å². The number of aromatic amines is 1. The number of hydrogen-bond donors (Lipinski definition) is 2. The molecular formula is C23H14F4N6. The van der Waals surface area contributed by atoms with Gasteiger partial charge in [-0.1, -0.05) is 48.5 Å². The molecule has 0 saturated heterocycles. The molecule has 0 saturated carbocycles. The van der Waals surface area contributed by atoms with E-state index in [9.17, 15) is 17.6 Å². The van der Waals surface area contributed by atoms with Gasteiger partial charge < -0.3 is 5.32 Å². The van der Waals surface area contributed by atoms with Crippen LogP contribution < -0.4 is 5.32 Å². The predicted molar refractivity (Wildman–Crippen MR) is 115 cm³/mol. The van der Waals surface area contributed by atoms with Crippen LogP contribution >= 0.6 is 0 Å². The summed E-state index contributed by atoms with van der Waals surface area (Å²) >= 11 is 0. The smallest absolute Gasteiger partial charge is 0.321 e. The third kappa shape index (κ3) is 3.98. The van der Waals surface area contributed by atoms with E-state index in [1.807, 2.05) is 6.07 Å². The number of hydrogen-bond acceptors (Lipinski definition) is 5. The Balaban J connectivity index is 1.67. The van der Waals surface area contributed by atoms with Crippen molar-refractivity contribution in [3.63, 3.8) is 0 Å². The molecule has 5 aromatic rings. The van der Waals surface area contributed by atoms with Crippen LogP contribution in [0.5, 0.6) is 0 Å². The number of fused-ring (bicyclic) bond motifs is 1. The SMILES string of the molecule is Fc1ccc2[nH]nc(Nc3nc(-c4ccccc4C(F)(F)F)nnc3-c3ccccc3)c2c1. The number of nitrogens with zero attached hydrogens (tertiary/aromatic N) is 4. The molecule has 0 amide bonds. The zero-order valence-electron chi connectivity index (χ0n) is 16.7. The van der Waals surface area contributed by atoms with Crippen LogP contribution in [0, 0.1) is 5.82 Å². The molecule has 0 atom stereocenters. The van der Waals surface area contributed by atoms with Gasteiger partial charge in [0.25, 0.3) is 0 Å². The van der Waals surface area contributed by atoms with E-state index in [1.54, 1.807) is 24.3 Å². The predicted octanol–water partition coefficient (Wildman–Crippen LogP) is 5.98. The van der Waals surface area contributed by atoms with E-state index < -0.39 is 17.6 Å². The van der Waals surface area contributed by atoms with Gasteiger partial charge in [0.15, 0.2) is 17.5 Å². The number of alkyl halides is 3. The van der Waals surface area contributed by atoms with Crippen LogP contribution in [-0.2, 0) is 6.18 Å². The Morgan fingerprint density at radius 2 is 1.58 bits per heavy atom. The highest BCUT2D eigenvalue weighted by atomic mass is 19.4. The Morgan fingerprint density at radius 3 is 2.36 bits per heavy atom. The van der Waals surface area contributed by atoms with Crippen molar-refractivity contribution in [3.8, 4) is 22.6 Å². The first-order valence-electron chi connectivity index (χ1n) is 9.77. The van der Waals surface area contributed by atoms with Crippen LogP contribution in [0.2, 0.25) is 0 Å². The Bertz CT molecular complexity index is 1450. The summed E-state index contributed by atoms with van der Waals surface area (Å²) in [6.07, 6.45) is -4.60. The fourth-order valence-corrected chi connectivity index (χ4v) is 3.44. The lowest BCUT2D eigenvalue weighted by Gasteiger charge is -2.14. The van der Waals surface area contributed by atoms with E-state index in [2.05, 4.69) is 30.7 Å². The minimum atomic E-state index is -4.60. The van der Waals surface area contributed by atoms with Crippen molar-refractivity contribution < 1.29 is 17.6 Å². The van der Waals surface area contributed by atoms with E-state index in [-0.39, 0.29) is 23.0 Å². The van der Waals surface area contributed by atoms with Gasteiger partial charge in [-0.15, -0.1) is 10.2 Å². The summed E-state index contributed by atoms with van der Waals surface area (Å²) in [4.78, 5) is 4.37.